The molecule has 0 heterocycles. The number of amides is 2. The van der Waals surface area contributed by atoms with E-state index in [1.54, 1.807) is 4.90 Å². The van der Waals surface area contributed by atoms with Gasteiger partial charge >= 0.3 is 0 Å². The molecule has 0 atom stereocenters. The second kappa shape index (κ2) is 7.49. The van der Waals surface area contributed by atoms with Crippen molar-refractivity contribution < 1.29 is 9.59 Å². The molecule has 116 valence electrons. The molecule has 5 N–H and O–H groups in total. The van der Waals surface area contributed by atoms with Crippen LogP contribution in [0, 0.1) is 0 Å². The van der Waals surface area contributed by atoms with Crippen LogP contribution in [-0.2, 0) is 9.59 Å². The molecule has 8 heteroatoms. The number of benzene rings is 1. The van der Waals surface area contributed by atoms with E-state index in [1.165, 1.54) is 12.1 Å². The highest BCUT2D eigenvalue weighted by molar-refractivity contribution is 6.40. The van der Waals surface area contributed by atoms with Crippen molar-refractivity contribution in [3.63, 3.8) is 0 Å². The minimum Gasteiger partial charge on any atom is -0.399 e. The first-order valence-corrected chi connectivity index (χ1v) is 7.03. The van der Waals surface area contributed by atoms with E-state index >= 15 is 0 Å². The zero-order valence-electron chi connectivity index (χ0n) is 11.8. The molecule has 0 saturated carbocycles. The van der Waals surface area contributed by atoms with Gasteiger partial charge in [0.15, 0.2) is 0 Å². The Morgan fingerprint density at radius 2 is 1.76 bits per heavy atom. The first-order chi connectivity index (χ1) is 9.70. The SMILES string of the molecule is CC(C)N(CC(N)=O)CC(=O)Nc1c(Cl)cc(N)cc1Cl. The van der Waals surface area contributed by atoms with Crippen molar-refractivity contribution >= 4 is 46.4 Å². The summed E-state index contributed by atoms with van der Waals surface area (Å²) in [5, 5.41) is 3.11. The highest BCUT2D eigenvalue weighted by Crippen LogP contribution is 2.32. The highest BCUT2D eigenvalue weighted by Gasteiger charge is 2.18. The van der Waals surface area contributed by atoms with Crippen LogP contribution < -0.4 is 16.8 Å². The molecule has 0 aliphatic heterocycles. The van der Waals surface area contributed by atoms with Crippen LogP contribution in [0.15, 0.2) is 12.1 Å². The summed E-state index contributed by atoms with van der Waals surface area (Å²) in [6, 6.07) is 2.97. The third-order valence-corrected chi connectivity index (χ3v) is 3.36. The van der Waals surface area contributed by atoms with E-state index < -0.39 is 5.91 Å². The molecule has 0 bridgehead atoms. The minimum atomic E-state index is -0.500. The Kier molecular flexibility index (Phi) is 6.26. The molecule has 0 aromatic heterocycles. The Morgan fingerprint density at radius 3 is 2.19 bits per heavy atom. The van der Waals surface area contributed by atoms with Crippen LogP contribution in [0.25, 0.3) is 0 Å². The maximum atomic E-state index is 12.0. The third kappa shape index (κ3) is 5.41. The molecule has 21 heavy (non-hydrogen) atoms. The molecule has 0 spiro atoms. The predicted molar refractivity (Wildman–Crippen MR) is 85.4 cm³/mol. The van der Waals surface area contributed by atoms with Crippen LogP contribution in [0.5, 0.6) is 0 Å². The largest absolute Gasteiger partial charge is 0.399 e. The summed E-state index contributed by atoms with van der Waals surface area (Å²) in [4.78, 5) is 24.7. The number of rotatable bonds is 6. The van der Waals surface area contributed by atoms with E-state index in [2.05, 4.69) is 5.32 Å². The molecule has 2 amide bonds. The fourth-order valence-corrected chi connectivity index (χ4v) is 2.30. The Bertz CT molecular complexity index is 526. The van der Waals surface area contributed by atoms with Gasteiger partial charge in [-0.05, 0) is 26.0 Å². The van der Waals surface area contributed by atoms with Gasteiger partial charge in [-0.15, -0.1) is 0 Å². The van der Waals surface area contributed by atoms with Gasteiger partial charge in [0.2, 0.25) is 11.8 Å². The molecule has 0 unspecified atom stereocenters. The quantitative estimate of drug-likeness (QED) is 0.690. The van der Waals surface area contributed by atoms with E-state index in [9.17, 15) is 9.59 Å². The molecular weight excluding hydrogens is 315 g/mol. The van der Waals surface area contributed by atoms with E-state index in [0.717, 1.165) is 0 Å². The van der Waals surface area contributed by atoms with Crippen molar-refractivity contribution in [3.8, 4) is 0 Å². The van der Waals surface area contributed by atoms with E-state index in [0.29, 0.717) is 11.4 Å². The zero-order valence-corrected chi connectivity index (χ0v) is 13.3. The predicted octanol–water partition coefficient (Wildman–Crippen LogP) is 1.71. The van der Waals surface area contributed by atoms with Gasteiger partial charge in [-0.1, -0.05) is 23.2 Å². The van der Waals surface area contributed by atoms with Crippen LogP contribution in [0.2, 0.25) is 10.0 Å². The summed E-state index contributed by atoms with van der Waals surface area (Å²) in [6.07, 6.45) is 0. The average Bonchev–Trinajstić information content (AvgIpc) is 2.32. The van der Waals surface area contributed by atoms with Gasteiger partial charge in [0, 0.05) is 11.7 Å². The summed E-state index contributed by atoms with van der Waals surface area (Å²) in [5.41, 5.74) is 11.4. The number of halogens is 2. The topological polar surface area (TPSA) is 101 Å². The van der Waals surface area contributed by atoms with Crippen molar-refractivity contribution in [1.29, 1.82) is 0 Å². The summed E-state index contributed by atoms with van der Waals surface area (Å²) in [7, 11) is 0. The van der Waals surface area contributed by atoms with E-state index in [1.807, 2.05) is 13.8 Å². The van der Waals surface area contributed by atoms with Gasteiger partial charge in [-0.25, -0.2) is 0 Å². The number of hydrogen-bond acceptors (Lipinski definition) is 4. The van der Waals surface area contributed by atoms with Gasteiger partial charge in [-0.3, -0.25) is 14.5 Å². The molecule has 1 aromatic carbocycles. The number of carbonyl (C=O) groups is 2. The number of anilines is 2. The van der Waals surface area contributed by atoms with Crippen molar-refractivity contribution in [2.45, 2.75) is 19.9 Å². The molecule has 0 aliphatic rings. The number of primary amides is 1. The lowest BCUT2D eigenvalue weighted by Crippen LogP contribution is -2.43. The first kappa shape index (κ1) is 17.6. The molecule has 0 fully saturated rings. The van der Waals surface area contributed by atoms with E-state index in [4.69, 9.17) is 34.7 Å². The number of nitrogens with zero attached hydrogens (tertiary/aromatic N) is 1. The van der Waals surface area contributed by atoms with Gasteiger partial charge in [0.05, 0.1) is 28.8 Å². The lowest BCUT2D eigenvalue weighted by atomic mass is 10.2. The first-order valence-electron chi connectivity index (χ1n) is 6.27. The van der Waals surface area contributed by atoms with Crippen LogP contribution in [0.1, 0.15) is 13.8 Å². The van der Waals surface area contributed by atoms with Crippen molar-refractivity contribution in [3.05, 3.63) is 22.2 Å². The molecule has 1 rings (SSSR count). The Hall–Kier alpha value is -1.50. The zero-order chi connectivity index (χ0) is 16.2. The van der Waals surface area contributed by atoms with Crippen molar-refractivity contribution in [1.82, 2.24) is 4.90 Å². The fourth-order valence-electron chi connectivity index (χ4n) is 1.70. The second-order valence-corrected chi connectivity index (χ2v) is 5.69. The van der Waals surface area contributed by atoms with Crippen molar-refractivity contribution in [2.75, 3.05) is 24.1 Å². The fraction of sp³-hybridized carbons (Fsp3) is 0.385. The molecule has 0 radical (unpaired) electrons. The van der Waals surface area contributed by atoms with E-state index in [-0.39, 0.29) is 35.1 Å². The smallest absolute Gasteiger partial charge is 0.238 e. The Labute approximate surface area is 133 Å². The normalized spacial score (nSPS) is 11.0. The van der Waals surface area contributed by atoms with Crippen LogP contribution in [0.4, 0.5) is 11.4 Å². The number of nitrogens with two attached hydrogens (primary N) is 2. The van der Waals surface area contributed by atoms with Crippen molar-refractivity contribution in [2.24, 2.45) is 5.73 Å². The monoisotopic (exact) mass is 332 g/mol. The molecule has 6 nitrogen and oxygen atoms in total. The highest BCUT2D eigenvalue weighted by atomic mass is 35.5. The second-order valence-electron chi connectivity index (χ2n) is 4.87. The van der Waals surface area contributed by atoms with Crippen LogP contribution in [0.3, 0.4) is 0 Å². The third-order valence-electron chi connectivity index (χ3n) is 2.76. The molecule has 1 aromatic rings. The summed E-state index contributed by atoms with van der Waals surface area (Å²) < 4.78 is 0. The Morgan fingerprint density at radius 1 is 1.24 bits per heavy atom. The summed E-state index contributed by atoms with van der Waals surface area (Å²) in [6.45, 7) is 3.71. The van der Waals surface area contributed by atoms with Crippen LogP contribution in [-0.4, -0.2) is 35.8 Å². The van der Waals surface area contributed by atoms with Gasteiger partial charge in [-0.2, -0.15) is 0 Å². The average molecular weight is 333 g/mol. The van der Waals surface area contributed by atoms with Gasteiger partial charge in [0.1, 0.15) is 0 Å². The summed E-state index contributed by atoms with van der Waals surface area (Å²) >= 11 is 12.0. The minimum absolute atomic E-state index is 0.00234. The summed E-state index contributed by atoms with van der Waals surface area (Å²) in [5.74, 6) is -0.849. The number of hydrogen-bond donors (Lipinski definition) is 3. The van der Waals surface area contributed by atoms with Crippen LogP contribution >= 0.6 is 23.2 Å². The maximum Gasteiger partial charge on any atom is 0.238 e. The lowest BCUT2D eigenvalue weighted by Gasteiger charge is -2.24. The number of nitrogens with one attached hydrogen (secondary N) is 1. The Balaban J connectivity index is 2.79. The molecular formula is C13H18Cl2N4O2. The lowest BCUT2D eigenvalue weighted by molar-refractivity contribution is -0.121. The molecule has 0 saturated heterocycles. The molecule has 0 aliphatic carbocycles. The maximum absolute atomic E-state index is 12.0. The number of carbonyl (C=O) groups excluding carboxylic acids is 2. The number of nitrogen functional groups attached to an aromatic ring is 1. The standard InChI is InChI=1S/C13H18Cl2N4O2/c1-7(2)19(5-11(17)20)6-12(21)18-13-9(14)3-8(16)4-10(13)15/h3-4,7H,5-6,16H2,1-2H3,(H2,17,20)(H,18,21). The van der Waals surface area contributed by atoms with Gasteiger partial charge < -0.3 is 16.8 Å². The van der Waals surface area contributed by atoms with Gasteiger partial charge in [0.25, 0.3) is 0 Å².